The first-order valence-electron chi connectivity index (χ1n) is 13.9. The Morgan fingerprint density at radius 2 is 1.20 bits per heavy atom. The third kappa shape index (κ3) is 2.75. The summed E-state index contributed by atoms with van der Waals surface area (Å²) < 4.78 is 7.43. The number of nitrogens with zero attached hydrogens (tertiary/aromatic N) is 3. The van der Waals surface area contributed by atoms with E-state index in [-0.39, 0.29) is 0 Å². The molecule has 0 atom stereocenters. The first-order valence-corrected chi connectivity index (χ1v) is 14.7. The number of pyridine rings is 1. The van der Waals surface area contributed by atoms with Gasteiger partial charge in [0.05, 0.1) is 27.6 Å². The topological polar surface area (TPSA) is 22.2 Å². The van der Waals surface area contributed by atoms with E-state index in [0.29, 0.717) is 0 Å². The third-order valence-electron chi connectivity index (χ3n) is 8.66. The Kier molecular flexibility index (Phi) is 4.07. The van der Waals surface area contributed by atoms with Crippen LogP contribution in [0.25, 0.3) is 86.0 Å². The minimum atomic E-state index is 1.01. The molecule has 190 valence electrons. The number of thiophene rings is 1. The maximum Gasteiger partial charge on any atom is 0.146 e. The molecule has 41 heavy (non-hydrogen) atoms. The number of hydrogen-bond acceptors (Lipinski definition) is 2. The lowest BCUT2D eigenvalue weighted by Gasteiger charge is -2.12. The van der Waals surface area contributed by atoms with Crippen molar-refractivity contribution >= 4 is 91.7 Å². The van der Waals surface area contributed by atoms with Crippen LogP contribution in [0.5, 0.6) is 0 Å². The SMILES string of the molecule is c1ccc(-n2c3ccccc3c3cc4c(cc32)c2c(ccc3c5ccccc5sc32)c2nc3ccccc3n42)cc1. The van der Waals surface area contributed by atoms with Gasteiger partial charge in [-0.2, -0.15) is 0 Å². The fourth-order valence-corrected chi connectivity index (χ4v) is 8.20. The van der Waals surface area contributed by atoms with Gasteiger partial charge in [-0.25, -0.2) is 4.98 Å². The van der Waals surface area contributed by atoms with Crippen LogP contribution in [0, 0.1) is 0 Å². The first kappa shape index (κ1) is 21.6. The van der Waals surface area contributed by atoms with Gasteiger partial charge in [-0.1, -0.05) is 72.8 Å². The van der Waals surface area contributed by atoms with Crippen molar-refractivity contribution in [2.45, 2.75) is 0 Å². The first-order chi connectivity index (χ1) is 20.3. The standard InChI is InChI=1S/C37H21N3S/c1-2-10-22(11-3-1)39-30-15-7-4-12-23(30)27-20-33-28(21-32(27)39)35-26(37-38-29-14-6-8-16-31(29)40(33)37)19-18-25-24-13-5-9-17-34(24)41-36(25)35/h1-21H. The van der Waals surface area contributed by atoms with Gasteiger partial charge in [0.2, 0.25) is 0 Å². The van der Waals surface area contributed by atoms with Crippen molar-refractivity contribution in [3.8, 4) is 5.69 Å². The van der Waals surface area contributed by atoms with Crippen molar-refractivity contribution in [3.63, 3.8) is 0 Å². The molecule has 6 aromatic carbocycles. The molecule has 4 aromatic heterocycles. The highest BCUT2D eigenvalue weighted by Crippen LogP contribution is 2.45. The third-order valence-corrected chi connectivity index (χ3v) is 9.87. The quantitative estimate of drug-likeness (QED) is 0.190. The number of rotatable bonds is 1. The van der Waals surface area contributed by atoms with E-state index in [2.05, 4.69) is 136 Å². The van der Waals surface area contributed by atoms with Crippen LogP contribution in [0.3, 0.4) is 0 Å². The Balaban J connectivity index is 1.53. The van der Waals surface area contributed by atoms with Crippen molar-refractivity contribution in [2.24, 2.45) is 0 Å². The molecule has 0 saturated heterocycles. The summed E-state index contributed by atoms with van der Waals surface area (Å²) in [5.41, 5.74) is 7.96. The second-order valence-electron chi connectivity index (χ2n) is 10.8. The summed E-state index contributed by atoms with van der Waals surface area (Å²) in [6, 6.07) is 46.2. The summed E-state index contributed by atoms with van der Waals surface area (Å²) in [7, 11) is 0. The molecule has 3 nitrogen and oxygen atoms in total. The maximum absolute atomic E-state index is 5.21. The van der Waals surface area contributed by atoms with Crippen LogP contribution in [-0.4, -0.2) is 14.0 Å². The molecule has 0 unspecified atom stereocenters. The molecule has 10 aromatic rings. The van der Waals surface area contributed by atoms with Crippen LogP contribution in [0.4, 0.5) is 0 Å². The van der Waals surface area contributed by atoms with Gasteiger partial charge in [0, 0.05) is 52.8 Å². The molecule has 0 amide bonds. The largest absolute Gasteiger partial charge is 0.309 e. The molecule has 0 spiro atoms. The van der Waals surface area contributed by atoms with Crippen LogP contribution in [0.1, 0.15) is 0 Å². The molecule has 4 heterocycles. The van der Waals surface area contributed by atoms with Crippen molar-refractivity contribution in [1.29, 1.82) is 0 Å². The molecule has 0 fully saturated rings. The van der Waals surface area contributed by atoms with E-state index in [1.54, 1.807) is 0 Å². The molecule has 0 radical (unpaired) electrons. The van der Waals surface area contributed by atoms with E-state index < -0.39 is 0 Å². The Hall–Kier alpha value is -5.19. The van der Waals surface area contributed by atoms with Crippen LogP contribution < -0.4 is 0 Å². The summed E-state index contributed by atoms with van der Waals surface area (Å²) in [6.07, 6.45) is 0. The van der Waals surface area contributed by atoms with Gasteiger partial charge >= 0.3 is 0 Å². The van der Waals surface area contributed by atoms with Gasteiger partial charge in [0.1, 0.15) is 5.65 Å². The minimum absolute atomic E-state index is 1.01. The lowest BCUT2D eigenvalue weighted by atomic mass is 10.0. The molecular weight excluding hydrogens is 518 g/mol. The van der Waals surface area contributed by atoms with Crippen LogP contribution in [-0.2, 0) is 0 Å². The maximum atomic E-state index is 5.21. The Morgan fingerprint density at radius 1 is 0.488 bits per heavy atom. The average Bonchev–Trinajstić information content (AvgIpc) is 3.70. The number of para-hydroxylation sites is 4. The lowest BCUT2D eigenvalue weighted by molar-refractivity contribution is 1.18. The van der Waals surface area contributed by atoms with Gasteiger partial charge in [-0.3, -0.25) is 4.40 Å². The Morgan fingerprint density at radius 3 is 2.10 bits per heavy atom. The highest BCUT2D eigenvalue weighted by atomic mass is 32.1. The molecule has 0 aliphatic rings. The van der Waals surface area contributed by atoms with Crippen LogP contribution in [0.15, 0.2) is 127 Å². The summed E-state index contributed by atoms with van der Waals surface area (Å²) in [4.78, 5) is 5.21. The fraction of sp³-hybridized carbons (Fsp3) is 0. The van der Waals surface area contributed by atoms with E-state index in [1.807, 2.05) is 11.3 Å². The summed E-state index contributed by atoms with van der Waals surface area (Å²) >= 11 is 1.89. The normalized spacial score (nSPS) is 12.4. The number of imidazole rings is 1. The van der Waals surface area contributed by atoms with Crippen LogP contribution >= 0.6 is 11.3 Å². The predicted molar refractivity (Wildman–Crippen MR) is 175 cm³/mol. The summed E-state index contributed by atoms with van der Waals surface area (Å²) in [5.74, 6) is 0. The second-order valence-corrected chi connectivity index (χ2v) is 11.8. The summed E-state index contributed by atoms with van der Waals surface area (Å²) in [5, 5.41) is 8.85. The Labute approximate surface area is 238 Å². The van der Waals surface area contributed by atoms with Crippen LogP contribution in [0.2, 0.25) is 0 Å². The highest BCUT2D eigenvalue weighted by molar-refractivity contribution is 7.26. The van der Waals surface area contributed by atoms with E-state index >= 15 is 0 Å². The van der Waals surface area contributed by atoms with E-state index in [1.165, 1.54) is 69.3 Å². The van der Waals surface area contributed by atoms with Gasteiger partial charge < -0.3 is 4.57 Å². The van der Waals surface area contributed by atoms with E-state index in [4.69, 9.17) is 4.98 Å². The molecule has 10 rings (SSSR count). The highest BCUT2D eigenvalue weighted by Gasteiger charge is 2.20. The molecule has 4 heteroatoms. The number of benzene rings is 6. The zero-order valence-electron chi connectivity index (χ0n) is 21.9. The minimum Gasteiger partial charge on any atom is -0.309 e. The van der Waals surface area contributed by atoms with Gasteiger partial charge in [-0.05, 0) is 54.6 Å². The number of aromatic nitrogens is 3. The van der Waals surface area contributed by atoms with Crippen molar-refractivity contribution in [3.05, 3.63) is 127 Å². The van der Waals surface area contributed by atoms with E-state index in [9.17, 15) is 0 Å². The van der Waals surface area contributed by atoms with Crippen molar-refractivity contribution in [1.82, 2.24) is 14.0 Å². The summed E-state index contributed by atoms with van der Waals surface area (Å²) in [6.45, 7) is 0. The Bertz CT molecular complexity index is 2690. The number of hydrogen-bond donors (Lipinski definition) is 0. The van der Waals surface area contributed by atoms with Gasteiger partial charge in [0.15, 0.2) is 0 Å². The fourth-order valence-electron chi connectivity index (χ4n) is 6.94. The zero-order valence-corrected chi connectivity index (χ0v) is 22.7. The van der Waals surface area contributed by atoms with Crippen molar-refractivity contribution in [2.75, 3.05) is 0 Å². The molecule has 0 saturated carbocycles. The van der Waals surface area contributed by atoms with Gasteiger partial charge in [-0.15, -0.1) is 11.3 Å². The molecular formula is C37H21N3S. The monoisotopic (exact) mass is 539 g/mol. The average molecular weight is 540 g/mol. The number of fused-ring (bicyclic) bond motifs is 15. The van der Waals surface area contributed by atoms with Crippen molar-refractivity contribution < 1.29 is 0 Å². The molecule has 0 aliphatic carbocycles. The van der Waals surface area contributed by atoms with E-state index in [0.717, 1.165) is 16.7 Å². The lowest BCUT2D eigenvalue weighted by Crippen LogP contribution is -1.95. The zero-order chi connectivity index (χ0) is 26.7. The van der Waals surface area contributed by atoms with Gasteiger partial charge in [0.25, 0.3) is 0 Å². The molecule has 0 aliphatic heterocycles. The molecule has 0 bridgehead atoms. The predicted octanol–water partition coefficient (Wildman–Crippen LogP) is 10.3. The second kappa shape index (κ2) is 7.72. The molecule has 0 N–H and O–H groups in total. The smallest absolute Gasteiger partial charge is 0.146 e.